The Hall–Kier alpha value is -1.78. The number of Topliss-reactive ketones (excluding diaryl/α,β-unsaturated/α-hetero) is 1. The van der Waals surface area contributed by atoms with Crippen LogP contribution in [-0.2, 0) is 16.0 Å². The van der Waals surface area contributed by atoms with Gasteiger partial charge in [-0.2, -0.15) is 0 Å². The van der Waals surface area contributed by atoms with Gasteiger partial charge in [-0.05, 0) is 39.3 Å². The zero-order valence-electron chi connectivity index (χ0n) is 11.1. The topological polar surface area (TPSA) is 68.5 Å². The molecule has 5 nitrogen and oxygen atoms in total. The Bertz CT molecular complexity index is 403. The number of hydrogen-bond acceptors (Lipinski definition) is 4. The van der Waals surface area contributed by atoms with E-state index in [0.717, 1.165) is 5.56 Å². The quantitative estimate of drug-likeness (QED) is 0.894. The molecule has 0 spiro atoms. The van der Waals surface area contributed by atoms with Crippen LogP contribution in [0, 0.1) is 0 Å². The maximum absolute atomic E-state index is 11.8. The number of carbonyl (C=O) groups is 2. The molecule has 0 bridgehead atoms. The van der Waals surface area contributed by atoms with Gasteiger partial charge in [0.05, 0.1) is 18.6 Å². The molecule has 0 fully saturated rings. The van der Waals surface area contributed by atoms with Gasteiger partial charge >= 0.3 is 6.09 Å². The highest BCUT2D eigenvalue weighted by atomic mass is 16.6. The highest BCUT2D eigenvalue weighted by molar-refractivity contribution is 5.88. The van der Waals surface area contributed by atoms with E-state index in [0.29, 0.717) is 0 Å². The number of amides is 1. The minimum Gasteiger partial charge on any atom is -0.472 e. The van der Waals surface area contributed by atoms with E-state index in [1.807, 2.05) is 0 Å². The first-order valence-corrected chi connectivity index (χ1v) is 5.81. The van der Waals surface area contributed by atoms with Crippen molar-refractivity contribution in [2.24, 2.45) is 0 Å². The highest BCUT2D eigenvalue weighted by Gasteiger charge is 2.21. The molecule has 0 saturated heterocycles. The summed E-state index contributed by atoms with van der Waals surface area (Å²) in [5.41, 5.74) is 0.218. The average molecular weight is 253 g/mol. The lowest BCUT2D eigenvalue weighted by atomic mass is 10.1. The van der Waals surface area contributed by atoms with Gasteiger partial charge in [-0.15, -0.1) is 0 Å². The van der Waals surface area contributed by atoms with E-state index in [4.69, 9.17) is 9.15 Å². The third-order valence-electron chi connectivity index (χ3n) is 2.17. The molecule has 18 heavy (non-hydrogen) atoms. The molecule has 0 unspecified atom stereocenters. The summed E-state index contributed by atoms with van der Waals surface area (Å²) in [5.74, 6) is -0.0951. The van der Waals surface area contributed by atoms with Crippen LogP contribution in [0.3, 0.4) is 0 Å². The van der Waals surface area contributed by atoms with Crippen LogP contribution in [0.4, 0.5) is 4.79 Å². The minimum atomic E-state index is -0.588. The lowest BCUT2D eigenvalue weighted by Gasteiger charge is -2.21. The lowest BCUT2D eigenvalue weighted by Crippen LogP contribution is -2.42. The third-order valence-corrected chi connectivity index (χ3v) is 2.17. The number of carbonyl (C=O) groups excluding carboxylic acids is 2. The predicted molar refractivity (Wildman–Crippen MR) is 66.3 cm³/mol. The van der Waals surface area contributed by atoms with Crippen molar-refractivity contribution in [2.75, 3.05) is 0 Å². The van der Waals surface area contributed by atoms with E-state index >= 15 is 0 Å². The zero-order valence-corrected chi connectivity index (χ0v) is 11.1. The van der Waals surface area contributed by atoms with Crippen LogP contribution >= 0.6 is 0 Å². The van der Waals surface area contributed by atoms with Crippen molar-refractivity contribution >= 4 is 11.9 Å². The van der Waals surface area contributed by atoms with Crippen molar-refractivity contribution in [1.29, 1.82) is 0 Å². The molecule has 1 aromatic heterocycles. The molecule has 0 aliphatic rings. The number of alkyl carbamates (subject to hydrolysis) is 1. The molecule has 0 saturated carbocycles. The first-order chi connectivity index (χ1) is 8.28. The number of ether oxygens (including phenoxy) is 1. The maximum Gasteiger partial charge on any atom is 0.408 e. The number of furan rings is 1. The van der Waals surface area contributed by atoms with Crippen molar-refractivity contribution < 1.29 is 18.7 Å². The molecule has 1 amide bonds. The minimum absolute atomic E-state index is 0.0951. The van der Waals surface area contributed by atoms with Crippen LogP contribution in [0.1, 0.15) is 33.3 Å². The molecule has 1 atom stereocenters. The van der Waals surface area contributed by atoms with E-state index in [-0.39, 0.29) is 12.2 Å². The third kappa shape index (κ3) is 5.03. The Morgan fingerprint density at radius 1 is 1.44 bits per heavy atom. The van der Waals surface area contributed by atoms with E-state index in [1.165, 1.54) is 12.5 Å². The second-order valence-electron chi connectivity index (χ2n) is 5.14. The highest BCUT2D eigenvalue weighted by Crippen LogP contribution is 2.07. The zero-order chi connectivity index (χ0) is 13.8. The molecule has 0 aromatic carbocycles. The Balaban J connectivity index is 2.42. The Labute approximate surface area is 106 Å². The number of ketones is 1. The van der Waals surface area contributed by atoms with E-state index in [2.05, 4.69) is 5.32 Å². The first-order valence-electron chi connectivity index (χ1n) is 5.81. The van der Waals surface area contributed by atoms with Crippen LogP contribution in [0.2, 0.25) is 0 Å². The van der Waals surface area contributed by atoms with Crippen LogP contribution in [0.15, 0.2) is 23.0 Å². The molecule has 100 valence electrons. The fourth-order valence-electron chi connectivity index (χ4n) is 1.31. The van der Waals surface area contributed by atoms with Crippen molar-refractivity contribution in [1.82, 2.24) is 5.32 Å². The molecule has 0 radical (unpaired) electrons. The molecule has 1 aromatic rings. The van der Waals surface area contributed by atoms with Gasteiger partial charge in [0.15, 0.2) is 5.78 Å². The summed E-state index contributed by atoms with van der Waals surface area (Å²) in [6.07, 6.45) is 2.66. The fraction of sp³-hybridized carbons (Fsp3) is 0.538. The Morgan fingerprint density at radius 2 is 2.11 bits per heavy atom. The molecule has 1 heterocycles. The van der Waals surface area contributed by atoms with Gasteiger partial charge in [-0.3, -0.25) is 4.79 Å². The Kier molecular flexibility index (Phi) is 4.53. The molecular weight excluding hydrogens is 234 g/mol. The summed E-state index contributed by atoms with van der Waals surface area (Å²) in [7, 11) is 0. The molecule has 1 N–H and O–H groups in total. The normalized spacial score (nSPS) is 12.9. The van der Waals surface area contributed by atoms with Gasteiger partial charge < -0.3 is 14.5 Å². The average Bonchev–Trinajstić information content (AvgIpc) is 2.66. The van der Waals surface area contributed by atoms with Gasteiger partial charge in [0.2, 0.25) is 0 Å². The summed E-state index contributed by atoms with van der Waals surface area (Å²) >= 11 is 0. The predicted octanol–water partition coefficient (Wildman–Crippen LogP) is 2.30. The molecule has 1 rings (SSSR count). The summed E-state index contributed by atoms with van der Waals surface area (Å²) in [6.45, 7) is 6.94. The lowest BCUT2D eigenvalue weighted by molar-refractivity contribution is -0.120. The van der Waals surface area contributed by atoms with Crippen molar-refractivity contribution in [3.05, 3.63) is 24.2 Å². The van der Waals surface area contributed by atoms with Crippen LogP contribution in [0.5, 0.6) is 0 Å². The van der Waals surface area contributed by atoms with E-state index in [9.17, 15) is 9.59 Å². The second-order valence-corrected chi connectivity index (χ2v) is 5.14. The van der Waals surface area contributed by atoms with Crippen LogP contribution < -0.4 is 5.32 Å². The van der Waals surface area contributed by atoms with Crippen LogP contribution in [-0.4, -0.2) is 23.5 Å². The van der Waals surface area contributed by atoms with Gasteiger partial charge in [-0.25, -0.2) is 4.79 Å². The number of rotatable bonds is 4. The van der Waals surface area contributed by atoms with Crippen molar-refractivity contribution in [3.8, 4) is 0 Å². The molecule has 0 aliphatic carbocycles. The Morgan fingerprint density at radius 3 is 2.61 bits per heavy atom. The number of nitrogens with one attached hydrogen (secondary N) is 1. The summed E-state index contributed by atoms with van der Waals surface area (Å²) in [5, 5.41) is 2.51. The number of hydrogen-bond donors (Lipinski definition) is 1. The summed E-state index contributed by atoms with van der Waals surface area (Å²) in [6, 6.07) is 1.13. The molecular formula is C13H19NO4. The molecule has 5 heteroatoms. The molecule has 0 aliphatic heterocycles. The largest absolute Gasteiger partial charge is 0.472 e. The van der Waals surface area contributed by atoms with E-state index < -0.39 is 17.7 Å². The van der Waals surface area contributed by atoms with Gasteiger partial charge in [0.1, 0.15) is 5.60 Å². The fourth-order valence-corrected chi connectivity index (χ4v) is 1.31. The first kappa shape index (κ1) is 14.3. The van der Waals surface area contributed by atoms with Crippen molar-refractivity contribution in [2.45, 2.75) is 45.8 Å². The summed E-state index contributed by atoms with van der Waals surface area (Å²) < 4.78 is 9.95. The van der Waals surface area contributed by atoms with E-state index in [1.54, 1.807) is 33.8 Å². The summed E-state index contributed by atoms with van der Waals surface area (Å²) in [4.78, 5) is 23.3. The second kappa shape index (κ2) is 5.71. The van der Waals surface area contributed by atoms with Gasteiger partial charge in [0.25, 0.3) is 0 Å². The van der Waals surface area contributed by atoms with Crippen molar-refractivity contribution in [3.63, 3.8) is 0 Å². The standard InChI is InChI=1S/C13H19NO4/c1-9(14-12(16)18-13(2,3)4)11(15)7-10-5-6-17-8-10/h5-6,8-9H,7H2,1-4H3,(H,14,16)/t9-/m1/s1. The maximum atomic E-state index is 11.8. The van der Waals surface area contributed by atoms with Gasteiger partial charge in [-0.1, -0.05) is 0 Å². The monoisotopic (exact) mass is 253 g/mol. The smallest absolute Gasteiger partial charge is 0.408 e. The van der Waals surface area contributed by atoms with Gasteiger partial charge in [0, 0.05) is 6.42 Å². The van der Waals surface area contributed by atoms with Crippen LogP contribution in [0.25, 0.3) is 0 Å². The SMILES string of the molecule is C[C@@H](NC(=O)OC(C)(C)C)C(=O)Cc1ccoc1.